The molecule has 0 spiro atoms. The van der Waals surface area contributed by atoms with Crippen LogP contribution in [-0.4, -0.2) is 4.86 Å². The fourth-order valence-electron chi connectivity index (χ4n) is 1.09. The highest BCUT2D eigenvalue weighted by molar-refractivity contribution is 7.80. The van der Waals surface area contributed by atoms with E-state index in [1.807, 2.05) is 0 Å². The smallest absolute Gasteiger partial charge is 0.0149 e. The second-order valence-electron chi connectivity index (χ2n) is 2.53. The lowest BCUT2D eigenvalue weighted by atomic mass is 9.94. The van der Waals surface area contributed by atoms with Gasteiger partial charge in [0, 0.05) is 4.86 Å². The summed E-state index contributed by atoms with van der Waals surface area (Å²) in [4.78, 5) is 1.12. The van der Waals surface area contributed by atoms with Gasteiger partial charge < -0.3 is 0 Å². The van der Waals surface area contributed by atoms with Crippen LogP contribution in [-0.2, 0) is 0 Å². The molecule has 0 heterocycles. The summed E-state index contributed by atoms with van der Waals surface area (Å²) in [7, 11) is 0. The SMILES string of the molecule is CCC1C=CC(=S)CC1. The molecule has 0 saturated heterocycles. The van der Waals surface area contributed by atoms with Gasteiger partial charge in [-0.2, -0.15) is 0 Å². The number of rotatable bonds is 1. The Kier molecular flexibility index (Phi) is 2.40. The first-order valence-electron chi connectivity index (χ1n) is 3.54. The first-order chi connectivity index (χ1) is 4.33. The maximum absolute atomic E-state index is 5.02. The van der Waals surface area contributed by atoms with E-state index >= 15 is 0 Å². The van der Waals surface area contributed by atoms with Gasteiger partial charge in [0.2, 0.25) is 0 Å². The zero-order chi connectivity index (χ0) is 6.69. The van der Waals surface area contributed by atoms with E-state index in [1.165, 1.54) is 12.8 Å². The maximum atomic E-state index is 5.02. The van der Waals surface area contributed by atoms with Crippen molar-refractivity contribution in [1.82, 2.24) is 0 Å². The molecule has 0 aromatic rings. The van der Waals surface area contributed by atoms with Gasteiger partial charge in [0.15, 0.2) is 0 Å². The molecule has 0 aromatic heterocycles. The average molecular weight is 140 g/mol. The minimum Gasteiger partial charge on any atom is -0.0849 e. The lowest BCUT2D eigenvalue weighted by Gasteiger charge is -2.13. The Labute approximate surface area is 62.0 Å². The normalized spacial score (nSPS) is 26.8. The van der Waals surface area contributed by atoms with Gasteiger partial charge in [0.05, 0.1) is 0 Å². The Bertz CT molecular complexity index is 136. The minimum atomic E-state index is 0.802. The third-order valence-corrected chi connectivity index (χ3v) is 2.18. The molecule has 1 aliphatic rings. The van der Waals surface area contributed by atoms with Crippen LogP contribution in [0.3, 0.4) is 0 Å². The number of allylic oxidation sites excluding steroid dienone is 2. The van der Waals surface area contributed by atoms with E-state index in [-0.39, 0.29) is 0 Å². The van der Waals surface area contributed by atoms with Crippen LogP contribution in [0.1, 0.15) is 26.2 Å². The Balaban J connectivity index is 2.48. The van der Waals surface area contributed by atoms with Crippen LogP contribution in [0.2, 0.25) is 0 Å². The summed E-state index contributed by atoms with van der Waals surface area (Å²) >= 11 is 5.02. The summed E-state index contributed by atoms with van der Waals surface area (Å²) in [5.41, 5.74) is 0. The zero-order valence-electron chi connectivity index (χ0n) is 5.76. The van der Waals surface area contributed by atoms with E-state index in [9.17, 15) is 0 Å². The van der Waals surface area contributed by atoms with Crippen molar-refractivity contribution in [3.05, 3.63) is 12.2 Å². The van der Waals surface area contributed by atoms with Gasteiger partial charge in [0.25, 0.3) is 0 Å². The van der Waals surface area contributed by atoms with E-state index in [0.717, 1.165) is 17.2 Å². The molecule has 1 heteroatoms. The van der Waals surface area contributed by atoms with Crippen LogP contribution in [0.25, 0.3) is 0 Å². The third-order valence-electron chi connectivity index (χ3n) is 1.84. The summed E-state index contributed by atoms with van der Waals surface area (Å²) in [5, 5.41) is 0. The van der Waals surface area contributed by atoms with Crippen LogP contribution in [0.5, 0.6) is 0 Å². The third kappa shape index (κ3) is 1.90. The van der Waals surface area contributed by atoms with E-state index in [2.05, 4.69) is 19.1 Å². The van der Waals surface area contributed by atoms with Crippen molar-refractivity contribution in [2.45, 2.75) is 26.2 Å². The van der Waals surface area contributed by atoms with Gasteiger partial charge in [-0.15, -0.1) is 0 Å². The molecule has 0 amide bonds. The summed E-state index contributed by atoms with van der Waals surface area (Å²) in [6, 6.07) is 0. The van der Waals surface area contributed by atoms with E-state index < -0.39 is 0 Å². The van der Waals surface area contributed by atoms with Crippen LogP contribution < -0.4 is 0 Å². The lowest BCUT2D eigenvalue weighted by molar-refractivity contribution is 0.582. The van der Waals surface area contributed by atoms with Crippen molar-refractivity contribution in [3.8, 4) is 0 Å². The van der Waals surface area contributed by atoms with Crippen LogP contribution in [0.15, 0.2) is 12.2 Å². The van der Waals surface area contributed by atoms with Crippen molar-refractivity contribution in [2.24, 2.45) is 5.92 Å². The molecule has 1 unspecified atom stereocenters. The molecule has 1 rings (SSSR count). The van der Waals surface area contributed by atoms with Crippen molar-refractivity contribution in [1.29, 1.82) is 0 Å². The first kappa shape index (κ1) is 6.94. The van der Waals surface area contributed by atoms with Crippen molar-refractivity contribution >= 4 is 17.1 Å². The van der Waals surface area contributed by atoms with E-state index in [0.29, 0.717) is 0 Å². The van der Waals surface area contributed by atoms with Gasteiger partial charge in [-0.1, -0.05) is 31.3 Å². The lowest BCUT2D eigenvalue weighted by Crippen LogP contribution is -2.04. The zero-order valence-corrected chi connectivity index (χ0v) is 6.58. The topological polar surface area (TPSA) is 0 Å². The summed E-state index contributed by atoms with van der Waals surface area (Å²) < 4.78 is 0. The van der Waals surface area contributed by atoms with Crippen molar-refractivity contribution < 1.29 is 0 Å². The van der Waals surface area contributed by atoms with Gasteiger partial charge in [-0.25, -0.2) is 0 Å². The van der Waals surface area contributed by atoms with Gasteiger partial charge in [-0.05, 0) is 25.2 Å². The van der Waals surface area contributed by atoms with E-state index in [4.69, 9.17) is 12.2 Å². The van der Waals surface area contributed by atoms with Crippen molar-refractivity contribution in [2.75, 3.05) is 0 Å². The summed E-state index contributed by atoms with van der Waals surface area (Å²) in [6.45, 7) is 2.23. The van der Waals surface area contributed by atoms with Crippen LogP contribution in [0.4, 0.5) is 0 Å². The molecular weight excluding hydrogens is 128 g/mol. The number of thiocarbonyl (C=S) groups is 1. The van der Waals surface area contributed by atoms with Gasteiger partial charge in [-0.3, -0.25) is 0 Å². The van der Waals surface area contributed by atoms with Gasteiger partial charge in [0.1, 0.15) is 0 Å². The average Bonchev–Trinajstić information content (AvgIpc) is 1.90. The first-order valence-corrected chi connectivity index (χ1v) is 3.94. The maximum Gasteiger partial charge on any atom is 0.0149 e. The molecule has 0 bridgehead atoms. The molecule has 0 radical (unpaired) electrons. The Hall–Kier alpha value is -0.170. The molecule has 0 saturated carbocycles. The molecule has 0 aliphatic heterocycles. The Morgan fingerprint density at radius 3 is 3.00 bits per heavy atom. The minimum absolute atomic E-state index is 0.802. The highest BCUT2D eigenvalue weighted by Gasteiger charge is 2.07. The molecular formula is C8H12S. The largest absolute Gasteiger partial charge is 0.0849 e. The number of hydrogen-bond donors (Lipinski definition) is 0. The quantitative estimate of drug-likeness (QED) is 0.505. The molecule has 0 fully saturated rings. The predicted octanol–water partition coefficient (Wildman–Crippen LogP) is 2.73. The van der Waals surface area contributed by atoms with Crippen molar-refractivity contribution in [3.63, 3.8) is 0 Å². The predicted molar refractivity (Wildman–Crippen MR) is 44.8 cm³/mol. The van der Waals surface area contributed by atoms with E-state index in [1.54, 1.807) is 0 Å². The fourth-order valence-corrected chi connectivity index (χ4v) is 1.29. The second-order valence-corrected chi connectivity index (χ2v) is 3.06. The molecule has 0 aromatic carbocycles. The molecule has 9 heavy (non-hydrogen) atoms. The highest BCUT2D eigenvalue weighted by Crippen LogP contribution is 2.18. The van der Waals surface area contributed by atoms with Crippen LogP contribution >= 0.6 is 12.2 Å². The fraction of sp³-hybridized carbons (Fsp3) is 0.625. The molecule has 50 valence electrons. The molecule has 1 atom stereocenters. The Morgan fingerprint density at radius 1 is 1.78 bits per heavy atom. The number of hydrogen-bond acceptors (Lipinski definition) is 1. The standard InChI is InChI=1S/C8H12S/c1-2-7-3-5-8(9)6-4-7/h3,5,7H,2,4,6H2,1H3. The molecule has 1 aliphatic carbocycles. The summed E-state index contributed by atoms with van der Waals surface area (Å²) in [5.74, 6) is 0.802. The van der Waals surface area contributed by atoms with Crippen LogP contribution in [0, 0.1) is 5.92 Å². The summed E-state index contributed by atoms with van der Waals surface area (Å²) in [6.07, 6.45) is 7.99. The second kappa shape index (κ2) is 3.11. The molecule has 0 nitrogen and oxygen atoms in total. The Morgan fingerprint density at radius 2 is 2.56 bits per heavy atom. The van der Waals surface area contributed by atoms with Gasteiger partial charge >= 0.3 is 0 Å². The monoisotopic (exact) mass is 140 g/mol. The highest BCUT2D eigenvalue weighted by atomic mass is 32.1. The molecule has 0 N–H and O–H groups in total.